The Labute approximate surface area is 198 Å². The van der Waals surface area contributed by atoms with E-state index in [2.05, 4.69) is 35.1 Å². The fourth-order valence-corrected chi connectivity index (χ4v) is 5.32. The monoisotopic (exact) mass is 484 g/mol. The predicted octanol–water partition coefficient (Wildman–Crippen LogP) is 1.26. The lowest BCUT2D eigenvalue weighted by Gasteiger charge is -2.21. The third-order valence-electron chi connectivity index (χ3n) is 6.44. The number of sulfonamides is 1. The van der Waals surface area contributed by atoms with Crippen molar-refractivity contribution in [2.24, 2.45) is 11.8 Å². The Kier molecular flexibility index (Phi) is 5.74. The van der Waals surface area contributed by atoms with E-state index in [9.17, 15) is 8.42 Å². The van der Waals surface area contributed by atoms with Crippen LogP contribution < -0.4 is 20.7 Å². The molecule has 1 aromatic carbocycles. The smallest absolute Gasteiger partial charge is 0.270 e. The molecule has 0 spiro atoms. The Hall–Kier alpha value is -3.09. The molecule has 12 heteroatoms. The Balaban J connectivity index is 1.30. The van der Waals surface area contributed by atoms with Crippen LogP contribution >= 0.6 is 0 Å². The standard InChI is InChI=1S/C22H28N8O3S/c1-12(2)34(31,32)29-18-15-10-30(11-16(15)18)17-9-25-20(23)19(26-17)22-28-27-21(33-22)14-6-4-13(5-7-14)8-24-3/h4-7,9,12,15-16,18,24,29H,8,10-11H2,1-3H3,(H2,23,25)/t15-,16?,18-/m0/s1. The maximum absolute atomic E-state index is 12.2. The molecule has 180 valence electrons. The quantitative estimate of drug-likeness (QED) is 0.426. The van der Waals surface area contributed by atoms with E-state index < -0.39 is 15.3 Å². The van der Waals surface area contributed by atoms with E-state index in [0.29, 0.717) is 30.5 Å². The molecule has 4 N–H and O–H groups in total. The van der Waals surface area contributed by atoms with Crippen molar-refractivity contribution in [2.45, 2.75) is 31.7 Å². The van der Waals surface area contributed by atoms with Crippen molar-refractivity contribution in [3.8, 4) is 23.0 Å². The van der Waals surface area contributed by atoms with Gasteiger partial charge in [0.2, 0.25) is 15.9 Å². The third kappa shape index (κ3) is 4.24. The summed E-state index contributed by atoms with van der Waals surface area (Å²) in [7, 11) is -1.38. The molecule has 3 aromatic rings. The topological polar surface area (TPSA) is 152 Å². The van der Waals surface area contributed by atoms with Crippen LogP contribution in [0.15, 0.2) is 34.9 Å². The molecule has 1 unspecified atom stereocenters. The first kappa shape index (κ1) is 22.7. The van der Waals surface area contributed by atoms with E-state index in [1.54, 1.807) is 20.0 Å². The summed E-state index contributed by atoms with van der Waals surface area (Å²) in [5, 5.41) is 11.0. The SMILES string of the molecule is CNCc1ccc(-c2nnc(-c3nc(N4CC5[C@@H](NS(=O)(=O)C(C)C)[C@H]5C4)cnc3N)o2)cc1. The number of nitrogens with zero attached hydrogens (tertiary/aromatic N) is 5. The lowest BCUT2D eigenvalue weighted by Crippen LogP contribution is -2.38. The molecule has 3 heterocycles. The van der Waals surface area contributed by atoms with Gasteiger partial charge in [-0.25, -0.2) is 23.1 Å². The van der Waals surface area contributed by atoms with E-state index in [4.69, 9.17) is 10.2 Å². The first-order chi connectivity index (χ1) is 16.3. The predicted molar refractivity (Wildman–Crippen MR) is 128 cm³/mol. The number of nitrogen functional groups attached to an aromatic ring is 1. The number of hydrogen-bond acceptors (Lipinski definition) is 10. The van der Waals surface area contributed by atoms with Crippen molar-refractivity contribution in [2.75, 3.05) is 30.8 Å². The summed E-state index contributed by atoms with van der Waals surface area (Å²) in [5.41, 5.74) is 8.36. The van der Waals surface area contributed by atoms with Crippen LogP contribution in [0.5, 0.6) is 0 Å². The molecule has 1 aliphatic carbocycles. The lowest BCUT2D eigenvalue weighted by atomic mass is 10.1. The average Bonchev–Trinajstić information content (AvgIpc) is 3.19. The molecule has 3 atom stereocenters. The highest BCUT2D eigenvalue weighted by Crippen LogP contribution is 2.47. The van der Waals surface area contributed by atoms with Crippen molar-refractivity contribution in [3.63, 3.8) is 0 Å². The Morgan fingerprint density at radius 1 is 1.15 bits per heavy atom. The van der Waals surface area contributed by atoms with Gasteiger partial charge in [-0.05, 0) is 50.4 Å². The van der Waals surface area contributed by atoms with Gasteiger partial charge in [-0.2, -0.15) is 0 Å². The summed E-state index contributed by atoms with van der Waals surface area (Å²) in [5.74, 6) is 1.95. The fraction of sp³-hybridized carbons (Fsp3) is 0.455. The summed E-state index contributed by atoms with van der Waals surface area (Å²) in [6, 6.07) is 7.84. The largest absolute Gasteiger partial charge is 0.414 e. The highest BCUT2D eigenvalue weighted by molar-refractivity contribution is 7.90. The van der Waals surface area contributed by atoms with Crippen molar-refractivity contribution in [1.82, 2.24) is 30.2 Å². The summed E-state index contributed by atoms with van der Waals surface area (Å²) in [6.45, 7) is 5.53. The molecule has 1 saturated carbocycles. The van der Waals surface area contributed by atoms with Crippen molar-refractivity contribution >= 4 is 21.7 Å². The van der Waals surface area contributed by atoms with Gasteiger partial charge in [-0.15, -0.1) is 10.2 Å². The molecule has 5 rings (SSSR count). The number of anilines is 2. The number of benzene rings is 1. The van der Waals surface area contributed by atoms with Gasteiger partial charge in [0.1, 0.15) is 5.82 Å². The van der Waals surface area contributed by atoms with Gasteiger partial charge >= 0.3 is 0 Å². The van der Waals surface area contributed by atoms with Crippen LogP contribution in [-0.4, -0.2) is 60.0 Å². The minimum absolute atomic E-state index is 0.0112. The van der Waals surface area contributed by atoms with Crippen molar-refractivity contribution in [1.29, 1.82) is 0 Å². The minimum Gasteiger partial charge on any atom is -0.414 e. The number of nitrogens with one attached hydrogen (secondary N) is 2. The molecule has 1 aliphatic heterocycles. The number of rotatable bonds is 8. The van der Waals surface area contributed by atoms with Crippen molar-refractivity contribution < 1.29 is 12.8 Å². The molecule has 1 saturated heterocycles. The van der Waals surface area contributed by atoms with E-state index >= 15 is 0 Å². The summed E-state index contributed by atoms with van der Waals surface area (Å²) >= 11 is 0. The van der Waals surface area contributed by atoms with E-state index in [1.165, 1.54) is 0 Å². The second-order valence-corrected chi connectivity index (χ2v) is 11.3. The molecule has 2 fully saturated rings. The van der Waals surface area contributed by atoms with Crippen LogP contribution in [0.2, 0.25) is 0 Å². The Morgan fingerprint density at radius 2 is 1.82 bits per heavy atom. The zero-order chi connectivity index (χ0) is 24.0. The van der Waals surface area contributed by atoms with Crippen LogP contribution in [0.4, 0.5) is 11.6 Å². The van der Waals surface area contributed by atoms with Crippen LogP contribution in [0.25, 0.3) is 23.0 Å². The maximum atomic E-state index is 12.2. The van der Waals surface area contributed by atoms with Crippen LogP contribution in [0.1, 0.15) is 19.4 Å². The number of nitrogens with two attached hydrogens (primary N) is 1. The molecule has 2 aliphatic rings. The molecule has 11 nitrogen and oxygen atoms in total. The van der Waals surface area contributed by atoms with Gasteiger partial charge in [-0.3, -0.25) is 0 Å². The molecular formula is C22H28N8O3S. The zero-order valence-electron chi connectivity index (χ0n) is 19.3. The Bertz CT molecular complexity index is 1280. The summed E-state index contributed by atoms with van der Waals surface area (Å²) < 4.78 is 33.0. The van der Waals surface area contributed by atoms with Gasteiger partial charge < -0.3 is 20.4 Å². The zero-order valence-corrected chi connectivity index (χ0v) is 20.1. The maximum Gasteiger partial charge on any atom is 0.270 e. The first-order valence-corrected chi connectivity index (χ1v) is 12.8. The van der Waals surface area contributed by atoms with Gasteiger partial charge in [-0.1, -0.05) is 12.1 Å². The van der Waals surface area contributed by atoms with Crippen LogP contribution in [-0.2, 0) is 16.6 Å². The highest BCUT2D eigenvalue weighted by atomic mass is 32.2. The summed E-state index contributed by atoms with van der Waals surface area (Å²) in [4.78, 5) is 11.0. The summed E-state index contributed by atoms with van der Waals surface area (Å²) in [6.07, 6.45) is 1.62. The lowest BCUT2D eigenvalue weighted by molar-refractivity contribution is 0.561. The van der Waals surface area contributed by atoms with E-state index in [0.717, 1.165) is 17.7 Å². The molecule has 0 radical (unpaired) electrons. The molecular weight excluding hydrogens is 456 g/mol. The van der Waals surface area contributed by atoms with Gasteiger partial charge in [0.15, 0.2) is 11.5 Å². The molecule has 0 amide bonds. The van der Waals surface area contributed by atoms with Gasteiger partial charge in [0.25, 0.3) is 5.89 Å². The van der Waals surface area contributed by atoms with Gasteiger partial charge in [0.05, 0.1) is 11.4 Å². The highest BCUT2D eigenvalue weighted by Gasteiger charge is 2.57. The second kappa shape index (κ2) is 8.60. The van der Waals surface area contributed by atoms with Gasteiger partial charge in [0, 0.05) is 31.2 Å². The Morgan fingerprint density at radius 3 is 2.47 bits per heavy atom. The third-order valence-corrected chi connectivity index (χ3v) is 8.28. The normalized spacial score (nSPS) is 21.8. The molecule has 2 aromatic heterocycles. The molecule has 0 bridgehead atoms. The van der Waals surface area contributed by atoms with E-state index in [-0.39, 0.29) is 29.6 Å². The number of aromatic nitrogens is 4. The number of piperidine rings is 1. The number of fused-ring (bicyclic) bond motifs is 1. The van der Waals surface area contributed by atoms with E-state index in [1.807, 2.05) is 31.3 Å². The van der Waals surface area contributed by atoms with Crippen LogP contribution in [0, 0.1) is 11.8 Å². The van der Waals surface area contributed by atoms with Crippen LogP contribution in [0.3, 0.4) is 0 Å². The molecule has 34 heavy (non-hydrogen) atoms. The fourth-order valence-electron chi connectivity index (χ4n) is 4.32. The second-order valence-electron chi connectivity index (χ2n) is 9.07. The average molecular weight is 485 g/mol. The first-order valence-electron chi connectivity index (χ1n) is 11.2. The number of hydrogen-bond donors (Lipinski definition) is 3. The van der Waals surface area contributed by atoms with Crippen molar-refractivity contribution in [3.05, 3.63) is 36.0 Å². The minimum atomic E-state index is -3.28.